The highest BCUT2D eigenvalue weighted by molar-refractivity contribution is 5.96. The van der Waals surface area contributed by atoms with Gasteiger partial charge in [-0.1, -0.05) is 38.1 Å². The summed E-state index contributed by atoms with van der Waals surface area (Å²) in [4.78, 5) is 29.2. The molecule has 0 aliphatic heterocycles. The first kappa shape index (κ1) is 46.5. The monoisotopic (exact) mass is 812 g/mol. The van der Waals surface area contributed by atoms with E-state index in [4.69, 9.17) is 32.4 Å². The summed E-state index contributed by atoms with van der Waals surface area (Å²) in [7, 11) is 0. The Morgan fingerprint density at radius 1 is 0.593 bits per heavy atom. The van der Waals surface area contributed by atoms with E-state index in [2.05, 4.69) is 24.5 Å². The molecule has 4 rings (SSSR count). The Morgan fingerprint density at radius 2 is 0.932 bits per heavy atom. The van der Waals surface area contributed by atoms with Crippen LogP contribution in [-0.2, 0) is 5.41 Å². The Hall–Kier alpha value is -5.22. The molecule has 0 aliphatic rings. The van der Waals surface area contributed by atoms with E-state index in [9.17, 15) is 19.8 Å². The Kier molecular flexibility index (Phi) is 18.0. The molecule has 0 fully saturated rings. The van der Waals surface area contributed by atoms with E-state index < -0.39 is 12.2 Å². The van der Waals surface area contributed by atoms with Crippen LogP contribution in [0.5, 0.6) is 11.5 Å². The lowest BCUT2D eigenvalue weighted by Gasteiger charge is -2.26. The number of anilines is 2. The molecule has 4 aromatic rings. The number of carbonyl (C=O) groups excluding carboxylic acids is 2. The van der Waals surface area contributed by atoms with Gasteiger partial charge in [0.2, 0.25) is 0 Å². The third-order valence-electron chi connectivity index (χ3n) is 10.2. The van der Waals surface area contributed by atoms with E-state index in [0.29, 0.717) is 75.0 Å². The quantitative estimate of drug-likeness (QED) is 0.0511. The average molecular weight is 813 g/mol. The van der Waals surface area contributed by atoms with Crippen LogP contribution >= 0.6 is 0 Å². The number of aryl methyl sites for hydroxylation is 2. The SMILES string of the molecule is Cc1cc(NCC(O)COc2ccc(C(C)(C)c3ccc(OCC(O)CNc4ccc(C(=O)N(CCN)CCN)c(C)c4)cc3)cc2)ccc1C(=O)N(CCN)CCN. The number of nitrogens with two attached hydrogens (primary N) is 4. The minimum Gasteiger partial charge on any atom is -0.491 e. The average Bonchev–Trinajstić information content (AvgIpc) is 3.23. The van der Waals surface area contributed by atoms with Crippen LogP contribution in [0.1, 0.15) is 56.8 Å². The predicted octanol–water partition coefficient (Wildman–Crippen LogP) is 3.05. The highest BCUT2D eigenvalue weighted by Gasteiger charge is 2.24. The number of nitrogens with zero attached hydrogens (tertiary/aromatic N) is 2. The lowest BCUT2D eigenvalue weighted by Crippen LogP contribution is -2.39. The van der Waals surface area contributed by atoms with Gasteiger partial charge in [-0.25, -0.2) is 0 Å². The number of hydrogen-bond acceptors (Lipinski definition) is 12. The van der Waals surface area contributed by atoms with E-state index in [1.54, 1.807) is 21.9 Å². The van der Waals surface area contributed by atoms with Crippen LogP contribution in [-0.4, -0.2) is 123 Å². The molecule has 2 amide bonds. The zero-order valence-corrected chi connectivity index (χ0v) is 35.0. The van der Waals surface area contributed by atoms with Crippen LogP contribution < -0.4 is 43.0 Å². The molecule has 2 atom stereocenters. The molecule has 14 heteroatoms. The molecule has 0 heterocycles. The maximum atomic E-state index is 13.0. The summed E-state index contributed by atoms with van der Waals surface area (Å²) in [5.74, 6) is 1.09. The zero-order valence-electron chi connectivity index (χ0n) is 35.0. The molecule has 12 N–H and O–H groups in total. The number of amides is 2. The summed E-state index contributed by atoms with van der Waals surface area (Å²) in [5.41, 5.74) is 28.9. The van der Waals surface area contributed by atoms with Gasteiger partial charge in [0, 0.05) is 93.4 Å². The number of benzene rings is 4. The summed E-state index contributed by atoms with van der Waals surface area (Å²) < 4.78 is 11.8. The Morgan fingerprint density at radius 3 is 1.24 bits per heavy atom. The lowest BCUT2D eigenvalue weighted by molar-refractivity contribution is 0.0757. The van der Waals surface area contributed by atoms with Gasteiger partial charge >= 0.3 is 0 Å². The number of nitrogens with one attached hydrogen (secondary N) is 2. The number of aliphatic hydroxyl groups is 2. The Balaban J connectivity index is 1.21. The van der Waals surface area contributed by atoms with E-state index in [0.717, 1.165) is 33.6 Å². The first-order valence-corrected chi connectivity index (χ1v) is 20.2. The van der Waals surface area contributed by atoms with Crippen molar-refractivity contribution in [2.75, 3.05) is 89.3 Å². The molecule has 0 aliphatic carbocycles. The summed E-state index contributed by atoms with van der Waals surface area (Å²) in [5, 5.41) is 27.7. The fourth-order valence-electron chi connectivity index (χ4n) is 6.70. The molecule has 0 spiro atoms. The third kappa shape index (κ3) is 13.4. The van der Waals surface area contributed by atoms with Crippen molar-refractivity contribution in [2.45, 2.75) is 45.3 Å². The van der Waals surface area contributed by atoms with Crippen molar-refractivity contribution in [3.8, 4) is 11.5 Å². The molecule has 0 saturated heterocycles. The molecular weight excluding hydrogens is 749 g/mol. The van der Waals surface area contributed by atoms with Gasteiger partial charge in [-0.15, -0.1) is 0 Å². The first-order chi connectivity index (χ1) is 28.3. The fourth-order valence-corrected chi connectivity index (χ4v) is 6.70. The molecule has 2 unspecified atom stereocenters. The summed E-state index contributed by atoms with van der Waals surface area (Å²) >= 11 is 0. The Labute approximate surface area is 348 Å². The van der Waals surface area contributed by atoms with Gasteiger partial charge in [-0.3, -0.25) is 9.59 Å². The standard InChI is InChI=1S/C45H64N8O6/c1-31-25-35(9-15-41(31)43(56)52(21-17-46)22-18-47)50-27-37(54)29-58-39-11-5-33(6-12-39)45(3,4)34-7-13-40(14-8-34)59-30-38(55)28-51-36-10-16-42(32(2)26-36)44(57)53(23-19-48)24-20-49/h5-16,25-26,37-38,50-51,54-55H,17-24,27-30,46-49H2,1-4H3. The topological polar surface area (TPSA) is 228 Å². The zero-order chi connectivity index (χ0) is 43.0. The van der Waals surface area contributed by atoms with Crippen molar-refractivity contribution in [3.63, 3.8) is 0 Å². The second kappa shape index (κ2) is 22.8. The maximum Gasteiger partial charge on any atom is 0.254 e. The fraction of sp³-hybridized carbons (Fsp3) is 0.422. The molecule has 4 aromatic carbocycles. The number of rotatable bonds is 24. The van der Waals surface area contributed by atoms with E-state index in [-0.39, 0.29) is 43.5 Å². The largest absolute Gasteiger partial charge is 0.491 e. The van der Waals surface area contributed by atoms with E-state index in [1.807, 2.05) is 86.6 Å². The summed E-state index contributed by atoms with van der Waals surface area (Å²) in [6.45, 7) is 12.0. The van der Waals surface area contributed by atoms with Crippen LogP contribution in [0.25, 0.3) is 0 Å². The van der Waals surface area contributed by atoms with Crippen LogP contribution in [0.2, 0.25) is 0 Å². The Bertz CT molecular complexity index is 1780. The normalized spacial score (nSPS) is 12.4. The van der Waals surface area contributed by atoms with Gasteiger partial charge in [-0.05, 0) is 96.8 Å². The smallest absolute Gasteiger partial charge is 0.254 e. The van der Waals surface area contributed by atoms with E-state index >= 15 is 0 Å². The minimum absolute atomic E-state index is 0.101. The van der Waals surface area contributed by atoms with E-state index in [1.165, 1.54) is 0 Å². The lowest BCUT2D eigenvalue weighted by atomic mass is 9.78. The van der Waals surface area contributed by atoms with Gasteiger partial charge in [-0.2, -0.15) is 0 Å². The van der Waals surface area contributed by atoms with Crippen molar-refractivity contribution >= 4 is 23.2 Å². The van der Waals surface area contributed by atoms with Gasteiger partial charge in [0.15, 0.2) is 0 Å². The van der Waals surface area contributed by atoms with Gasteiger partial charge in [0.1, 0.15) is 36.9 Å². The number of carbonyl (C=O) groups is 2. The highest BCUT2D eigenvalue weighted by atomic mass is 16.5. The highest BCUT2D eigenvalue weighted by Crippen LogP contribution is 2.33. The molecule has 320 valence electrons. The molecule has 0 radical (unpaired) electrons. The predicted molar refractivity (Wildman–Crippen MR) is 235 cm³/mol. The number of hydrogen-bond donors (Lipinski definition) is 8. The van der Waals surface area contributed by atoms with Crippen molar-refractivity contribution in [1.29, 1.82) is 0 Å². The van der Waals surface area contributed by atoms with Crippen molar-refractivity contribution in [1.82, 2.24) is 9.80 Å². The minimum atomic E-state index is -0.768. The van der Waals surface area contributed by atoms with Crippen LogP contribution in [0, 0.1) is 13.8 Å². The molecule has 0 aromatic heterocycles. The second-order valence-electron chi connectivity index (χ2n) is 15.2. The van der Waals surface area contributed by atoms with Crippen LogP contribution in [0.4, 0.5) is 11.4 Å². The van der Waals surface area contributed by atoms with Crippen molar-refractivity contribution in [2.24, 2.45) is 22.9 Å². The van der Waals surface area contributed by atoms with Crippen LogP contribution in [0.15, 0.2) is 84.9 Å². The molecule has 14 nitrogen and oxygen atoms in total. The first-order valence-electron chi connectivity index (χ1n) is 20.2. The summed E-state index contributed by atoms with van der Waals surface area (Å²) in [6.07, 6.45) is -1.54. The molecule has 0 saturated carbocycles. The number of aliphatic hydroxyl groups excluding tert-OH is 2. The maximum absolute atomic E-state index is 13.0. The summed E-state index contributed by atoms with van der Waals surface area (Å²) in [6, 6.07) is 26.6. The molecule has 59 heavy (non-hydrogen) atoms. The number of ether oxygens (including phenoxy) is 2. The molecular formula is C45H64N8O6. The molecule has 0 bridgehead atoms. The van der Waals surface area contributed by atoms with Crippen LogP contribution in [0.3, 0.4) is 0 Å². The van der Waals surface area contributed by atoms with Gasteiger partial charge in [0.25, 0.3) is 11.8 Å². The van der Waals surface area contributed by atoms with Gasteiger partial charge in [0.05, 0.1) is 0 Å². The third-order valence-corrected chi connectivity index (χ3v) is 10.2. The second-order valence-corrected chi connectivity index (χ2v) is 15.2. The van der Waals surface area contributed by atoms with Crippen molar-refractivity contribution in [3.05, 3.63) is 118 Å². The van der Waals surface area contributed by atoms with Crippen molar-refractivity contribution < 1.29 is 29.3 Å². The van der Waals surface area contributed by atoms with Gasteiger partial charge < -0.3 is 63.1 Å².